The maximum Gasteiger partial charge on any atom is 0.0152 e. The zero-order chi connectivity index (χ0) is 9.69. The molecule has 0 aromatic heterocycles. The van der Waals surface area contributed by atoms with E-state index in [9.17, 15) is 0 Å². The van der Waals surface area contributed by atoms with Crippen LogP contribution in [-0.2, 0) is 0 Å². The molecule has 2 bridgehead atoms. The third-order valence-corrected chi connectivity index (χ3v) is 4.14. The van der Waals surface area contributed by atoms with Crippen molar-refractivity contribution in [1.82, 2.24) is 0 Å². The highest BCUT2D eigenvalue weighted by atomic mass is 32.1. The van der Waals surface area contributed by atoms with Gasteiger partial charge in [0.2, 0.25) is 0 Å². The number of hydrogen-bond donors (Lipinski definition) is 2. The molecule has 0 aromatic rings. The van der Waals surface area contributed by atoms with Crippen LogP contribution in [-0.4, -0.2) is 10.3 Å². The summed E-state index contributed by atoms with van der Waals surface area (Å²) in [5.41, 5.74) is 6.30. The van der Waals surface area contributed by atoms with Crippen molar-refractivity contribution in [3.8, 4) is 0 Å². The summed E-state index contributed by atoms with van der Waals surface area (Å²) in [5, 5.41) is 0. The Kier molecular flexibility index (Phi) is 2.20. The van der Waals surface area contributed by atoms with Crippen LogP contribution in [0, 0.1) is 11.8 Å². The van der Waals surface area contributed by atoms with Gasteiger partial charge >= 0.3 is 0 Å². The van der Waals surface area contributed by atoms with Crippen LogP contribution < -0.4 is 5.73 Å². The molecule has 76 valence electrons. The lowest BCUT2D eigenvalue weighted by Gasteiger charge is -2.51. The number of nitrogens with two attached hydrogens (primary N) is 1. The van der Waals surface area contributed by atoms with Gasteiger partial charge in [-0.15, -0.1) is 0 Å². The summed E-state index contributed by atoms with van der Waals surface area (Å²) in [6, 6.07) is 0. The van der Waals surface area contributed by atoms with Gasteiger partial charge in [-0.05, 0) is 50.9 Å². The first kappa shape index (κ1) is 9.85. The molecule has 4 unspecified atom stereocenters. The molecule has 2 rings (SSSR count). The van der Waals surface area contributed by atoms with Crippen LogP contribution in [0.15, 0.2) is 0 Å². The first-order chi connectivity index (χ1) is 5.89. The Labute approximate surface area is 86.9 Å². The molecule has 0 aliphatic heterocycles. The quantitative estimate of drug-likeness (QED) is 0.576. The second-order valence-electron chi connectivity index (χ2n) is 5.87. The fourth-order valence-corrected chi connectivity index (χ4v) is 4.72. The summed E-state index contributed by atoms with van der Waals surface area (Å²) in [6.07, 6.45) is 6.24. The predicted molar refractivity (Wildman–Crippen MR) is 60.0 cm³/mol. The van der Waals surface area contributed by atoms with Gasteiger partial charge in [-0.1, -0.05) is 6.92 Å². The van der Waals surface area contributed by atoms with Crippen molar-refractivity contribution in [2.75, 3.05) is 0 Å². The van der Waals surface area contributed by atoms with E-state index in [1.165, 1.54) is 25.7 Å². The summed E-state index contributed by atoms with van der Waals surface area (Å²) in [6.45, 7) is 4.55. The predicted octanol–water partition coefficient (Wildman–Crippen LogP) is 2.60. The minimum absolute atomic E-state index is 0.0464. The third kappa shape index (κ3) is 2.04. The minimum atomic E-state index is 0.0464. The van der Waals surface area contributed by atoms with Crippen molar-refractivity contribution in [3.05, 3.63) is 0 Å². The Morgan fingerprint density at radius 1 is 1.31 bits per heavy atom. The van der Waals surface area contributed by atoms with Crippen molar-refractivity contribution in [2.45, 2.75) is 56.2 Å². The topological polar surface area (TPSA) is 26.0 Å². The molecule has 2 heteroatoms. The van der Waals surface area contributed by atoms with E-state index in [0.717, 1.165) is 18.3 Å². The highest BCUT2D eigenvalue weighted by molar-refractivity contribution is 7.81. The lowest BCUT2D eigenvalue weighted by atomic mass is 9.62. The van der Waals surface area contributed by atoms with Gasteiger partial charge in [-0.2, -0.15) is 12.6 Å². The normalized spacial score (nSPS) is 56.3. The van der Waals surface area contributed by atoms with Crippen LogP contribution in [0.4, 0.5) is 0 Å². The zero-order valence-corrected chi connectivity index (χ0v) is 9.61. The average Bonchev–Trinajstić information content (AvgIpc) is 1.75. The Morgan fingerprint density at radius 2 is 2.00 bits per heavy atom. The van der Waals surface area contributed by atoms with Crippen molar-refractivity contribution in [1.29, 1.82) is 0 Å². The Bertz CT molecular complexity index is 208. The second kappa shape index (κ2) is 2.90. The molecule has 13 heavy (non-hydrogen) atoms. The summed E-state index contributed by atoms with van der Waals surface area (Å²) < 4.78 is 0.254. The Morgan fingerprint density at radius 3 is 2.62 bits per heavy atom. The smallest absolute Gasteiger partial charge is 0.0152 e. The van der Waals surface area contributed by atoms with Crippen LogP contribution in [0.2, 0.25) is 0 Å². The molecule has 0 heterocycles. The van der Waals surface area contributed by atoms with Crippen LogP contribution in [0.25, 0.3) is 0 Å². The molecule has 0 amide bonds. The lowest BCUT2D eigenvalue weighted by molar-refractivity contribution is 0.116. The van der Waals surface area contributed by atoms with Gasteiger partial charge in [-0.3, -0.25) is 0 Å². The lowest BCUT2D eigenvalue weighted by Crippen LogP contribution is -2.52. The number of thiol groups is 1. The fourth-order valence-electron chi connectivity index (χ4n) is 3.79. The van der Waals surface area contributed by atoms with E-state index in [0.29, 0.717) is 0 Å². The molecule has 1 nitrogen and oxygen atoms in total. The summed E-state index contributed by atoms with van der Waals surface area (Å²) >= 11 is 4.85. The molecule has 0 spiro atoms. The summed E-state index contributed by atoms with van der Waals surface area (Å²) in [5.74, 6) is 1.69. The second-order valence-corrected chi connectivity index (χ2v) is 6.82. The molecular formula is C11H21NS. The van der Waals surface area contributed by atoms with Gasteiger partial charge in [0.15, 0.2) is 0 Å². The Balaban J connectivity index is 2.17. The molecule has 0 radical (unpaired) electrons. The van der Waals surface area contributed by atoms with Crippen molar-refractivity contribution in [2.24, 2.45) is 17.6 Å². The first-order valence-corrected chi connectivity index (χ1v) is 5.85. The van der Waals surface area contributed by atoms with E-state index in [1.54, 1.807) is 0 Å². The molecule has 4 atom stereocenters. The molecule has 2 aliphatic carbocycles. The van der Waals surface area contributed by atoms with Crippen molar-refractivity contribution in [3.63, 3.8) is 0 Å². The molecule has 2 fully saturated rings. The standard InChI is InChI=1S/C11H21NS/c1-8-3-9-5-10(2,12)7-11(13,4-8)6-9/h8-9,13H,3-7,12H2,1-2H3. The molecule has 0 saturated heterocycles. The minimum Gasteiger partial charge on any atom is -0.325 e. The largest absolute Gasteiger partial charge is 0.325 e. The molecule has 0 aromatic carbocycles. The van der Waals surface area contributed by atoms with Crippen LogP contribution in [0.5, 0.6) is 0 Å². The Hall–Kier alpha value is 0.310. The van der Waals surface area contributed by atoms with E-state index in [2.05, 4.69) is 13.8 Å². The van der Waals surface area contributed by atoms with Crippen molar-refractivity contribution < 1.29 is 0 Å². The molecule has 2 N–H and O–H groups in total. The highest BCUT2D eigenvalue weighted by Gasteiger charge is 2.46. The highest BCUT2D eigenvalue weighted by Crippen LogP contribution is 2.51. The van der Waals surface area contributed by atoms with Gasteiger partial charge in [0, 0.05) is 10.3 Å². The van der Waals surface area contributed by atoms with Crippen LogP contribution in [0.3, 0.4) is 0 Å². The molecular weight excluding hydrogens is 178 g/mol. The van der Waals surface area contributed by atoms with E-state index in [-0.39, 0.29) is 10.3 Å². The summed E-state index contributed by atoms with van der Waals surface area (Å²) in [7, 11) is 0. The van der Waals surface area contributed by atoms with E-state index >= 15 is 0 Å². The maximum atomic E-state index is 6.25. The van der Waals surface area contributed by atoms with E-state index < -0.39 is 0 Å². The van der Waals surface area contributed by atoms with Crippen LogP contribution in [0.1, 0.15) is 46.0 Å². The summed E-state index contributed by atoms with van der Waals surface area (Å²) in [4.78, 5) is 0. The third-order valence-electron chi connectivity index (χ3n) is 3.62. The fraction of sp³-hybridized carbons (Fsp3) is 1.00. The van der Waals surface area contributed by atoms with Crippen molar-refractivity contribution >= 4 is 12.6 Å². The average molecular weight is 199 g/mol. The first-order valence-electron chi connectivity index (χ1n) is 5.40. The number of hydrogen-bond acceptors (Lipinski definition) is 2. The van der Waals surface area contributed by atoms with Gasteiger partial charge in [0.05, 0.1) is 0 Å². The molecule has 2 aliphatic rings. The van der Waals surface area contributed by atoms with E-state index in [4.69, 9.17) is 18.4 Å². The number of rotatable bonds is 0. The van der Waals surface area contributed by atoms with Gasteiger partial charge < -0.3 is 5.73 Å². The van der Waals surface area contributed by atoms with Gasteiger partial charge in [0.1, 0.15) is 0 Å². The maximum absolute atomic E-state index is 6.25. The SMILES string of the molecule is CC1CC2CC(C)(N)CC(S)(C1)C2. The number of fused-ring (bicyclic) bond motifs is 2. The monoisotopic (exact) mass is 199 g/mol. The van der Waals surface area contributed by atoms with Crippen LogP contribution >= 0.6 is 12.6 Å². The van der Waals surface area contributed by atoms with Gasteiger partial charge in [0.25, 0.3) is 0 Å². The van der Waals surface area contributed by atoms with E-state index in [1.807, 2.05) is 0 Å². The molecule has 2 saturated carbocycles. The zero-order valence-electron chi connectivity index (χ0n) is 8.71. The van der Waals surface area contributed by atoms with Gasteiger partial charge in [-0.25, -0.2) is 0 Å².